The van der Waals surface area contributed by atoms with Gasteiger partial charge in [-0.25, -0.2) is 8.78 Å². The lowest BCUT2D eigenvalue weighted by Crippen LogP contribution is -2.13. The fraction of sp³-hybridized carbons (Fsp3) is 0. The number of hydrogen-bond donors (Lipinski definition) is 2. The lowest BCUT2D eigenvalue weighted by atomic mass is 10.2. The Morgan fingerprint density at radius 2 is 2.00 bits per heavy atom. The van der Waals surface area contributed by atoms with Crippen LogP contribution in [-0.4, -0.2) is 16.1 Å². The molecule has 1 aromatic heterocycles. The Morgan fingerprint density at radius 1 is 1.15 bits per heavy atom. The van der Waals surface area contributed by atoms with Crippen molar-refractivity contribution in [2.24, 2.45) is 0 Å². The smallest absolute Gasteiger partial charge is 0.258 e. The predicted octanol–water partition coefficient (Wildman–Crippen LogP) is 3.09. The zero-order valence-electron chi connectivity index (χ0n) is 10.2. The summed E-state index contributed by atoms with van der Waals surface area (Å²) >= 11 is 0. The highest BCUT2D eigenvalue weighted by atomic mass is 19.1. The zero-order valence-corrected chi connectivity index (χ0v) is 10.2. The second kappa shape index (κ2) is 4.73. The molecule has 1 amide bonds. The number of carbonyl (C=O) groups is 1. The number of halogens is 2. The lowest BCUT2D eigenvalue weighted by Gasteiger charge is -2.06. The second-order valence-corrected chi connectivity index (χ2v) is 4.25. The number of benzene rings is 2. The van der Waals surface area contributed by atoms with Gasteiger partial charge in [0, 0.05) is 17.1 Å². The van der Waals surface area contributed by atoms with Crippen molar-refractivity contribution >= 4 is 22.5 Å². The van der Waals surface area contributed by atoms with Gasteiger partial charge in [0.2, 0.25) is 0 Å². The van der Waals surface area contributed by atoms with E-state index in [1.807, 2.05) is 0 Å². The van der Waals surface area contributed by atoms with Crippen LogP contribution in [-0.2, 0) is 0 Å². The third-order valence-corrected chi connectivity index (χ3v) is 2.87. The molecule has 0 aliphatic heterocycles. The van der Waals surface area contributed by atoms with Crippen molar-refractivity contribution < 1.29 is 13.6 Å². The van der Waals surface area contributed by atoms with Gasteiger partial charge in [-0.05, 0) is 30.3 Å². The normalized spacial score (nSPS) is 10.7. The van der Waals surface area contributed by atoms with E-state index in [1.165, 1.54) is 0 Å². The van der Waals surface area contributed by atoms with E-state index in [4.69, 9.17) is 0 Å². The molecule has 0 unspecified atom stereocenters. The molecule has 0 spiro atoms. The monoisotopic (exact) mass is 273 g/mol. The van der Waals surface area contributed by atoms with Gasteiger partial charge in [0.1, 0.15) is 11.6 Å². The van der Waals surface area contributed by atoms with Crippen molar-refractivity contribution in [3.8, 4) is 0 Å². The first-order valence-corrected chi connectivity index (χ1v) is 5.83. The summed E-state index contributed by atoms with van der Waals surface area (Å²) in [4.78, 5) is 11.9. The summed E-state index contributed by atoms with van der Waals surface area (Å²) in [5.74, 6) is -2.25. The van der Waals surface area contributed by atoms with Crippen LogP contribution in [0.1, 0.15) is 10.4 Å². The van der Waals surface area contributed by atoms with Crippen LogP contribution >= 0.6 is 0 Å². The van der Waals surface area contributed by atoms with Crippen LogP contribution in [0, 0.1) is 11.6 Å². The van der Waals surface area contributed by atoms with E-state index in [0.717, 1.165) is 23.0 Å². The Labute approximate surface area is 112 Å². The van der Waals surface area contributed by atoms with Gasteiger partial charge in [-0.1, -0.05) is 0 Å². The molecule has 0 aliphatic carbocycles. The Kier molecular flexibility index (Phi) is 2.90. The number of rotatable bonds is 2. The summed E-state index contributed by atoms with van der Waals surface area (Å²) in [6, 6.07) is 7.94. The van der Waals surface area contributed by atoms with Crippen molar-refractivity contribution in [2.75, 3.05) is 5.32 Å². The third-order valence-electron chi connectivity index (χ3n) is 2.87. The minimum absolute atomic E-state index is 0.210. The van der Waals surface area contributed by atoms with E-state index in [9.17, 15) is 13.6 Å². The minimum Gasteiger partial charge on any atom is -0.322 e. The highest BCUT2D eigenvalue weighted by molar-refractivity contribution is 6.05. The Bertz CT molecular complexity index is 798. The number of fused-ring (bicyclic) bond motifs is 1. The first-order chi connectivity index (χ1) is 9.63. The lowest BCUT2D eigenvalue weighted by molar-refractivity contribution is 0.102. The second-order valence-electron chi connectivity index (χ2n) is 4.25. The Hall–Kier alpha value is -2.76. The molecule has 2 N–H and O–H groups in total. The molecule has 20 heavy (non-hydrogen) atoms. The Morgan fingerprint density at radius 3 is 2.80 bits per heavy atom. The van der Waals surface area contributed by atoms with E-state index in [2.05, 4.69) is 15.5 Å². The van der Waals surface area contributed by atoms with Crippen molar-refractivity contribution in [3.05, 3.63) is 59.8 Å². The molecule has 0 saturated carbocycles. The van der Waals surface area contributed by atoms with E-state index >= 15 is 0 Å². The number of aromatic nitrogens is 2. The number of aromatic amines is 1. The van der Waals surface area contributed by atoms with E-state index in [1.54, 1.807) is 24.4 Å². The van der Waals surface area contributed by atoms with Gasteiger partial charge in [0.15, 0.2) is 0 Å². The highest BCUT2D eigenvalue weighted by Gasteiger charge is 2.12. The van der Waals surface area contributed by atoms with Gasteiger partial charge in [-0.15, -0.1) is 0 Å². The average molecular weight is 273 g/mol. The first-order valence-electron chi connectivity index (χ1n) is 5.83. The average Bonchev–Trinajstić information content (AvgIpc) is 2.85. The van der Waals surface area contributed by atoms with Crippen LogP contribution in [0.4, 0.5) is 14.5 Å². The zero-order chi connectivity index (χ0) is 14.1. The number of anilines is 1. The Balaban J connectivity index is 1.87. The SMILES string of the molecule is O=C(Nc1ccc2[nH]ncc2c1)c1ccc(F)cc1F. The van der Waals surface area contributed by atoms with Crippen molar-refractivity contribution in [2.45, 2.75) is 0 Å². The molecule has 1 heterocycles. The molecule has 100 valence electrons. The summed E-state index contributed by atoms with van der Waals surface area (Å²) < 4.78 is 26.3. The van der Waals surface area contributed by atoms with Gasteiger partial charge in [0.05, 0.1) is 17.3 Å². The van der Waals surface area contributed by atoms with Crippen LogP contribution in [0.2, 0.25) is 0 Å². The first kappa shape index (κ1) is 12.3. The van der Waals surface area contributed by atoms with Crippen molar-refractivity contribution in [1.29, 1.82) is 0 Å². The topological polar surface area (TPSA) is 57.8 Å². The minimum atomic E-state index is -0.896. The van der Waals surface area contributed by atoms with Gasteiger partial charge in [-0.2, -0.15) is 5.10 Å². The van der Waals surface area contributed by atoms with Crippen molar-refractivity contribution in [3.63, 3.8) is 0 Å². The van der Waals surface area contributed by atoms with Crippen LogP contribution in [0.5, 0.6) is 0 Å². The molecule has 3 rings (SSSR count). The number of nitrogens with zero attached hydrogens (tertiary/aromatic N) is 1. The summed E-state index contributed by atoms with van der Waals surface area (Å²) in [5.41, 5.74) is 1.13. The van der Waals surface area contributed by atoms with E-state index in [-0.39, 0.29) is 5.56 Å². The largest absolute Gasteiger partial charge is 0.322 e. The van der Waals surface area contributed by atoms with E-state index < -0.39 is 17.5 Å². The van der Waals surface area contributed by atoms with E-state index in [0.29, 0.717) is 11.8 Å². The van der Waals surface area contributed by atoms with Crippen molar-refractivity contribution in [1.82, 2.24) is 10.2 Å². The molecule has 0 bridgehead atoms. The molecular formula is C14H9F2N3O. The van der Waals surface area contributed by atoms with Gasteiger partial charge < -0.3 is 5.32 Å². The molecule has 0 atom stereocenters. The fourth-order valence-electron chi connectivity index (χ4n) is 1.89. The van der Waals surface area contributed by atoms with Crippen LogP contribution < -0.4 is 5.32 Å². The maximum absolute atomic E-state index is 13.5. The summed E-state index contributed by atoms with van der Waals surface area (Å²) in [5, 5.41) is 10.0. The maximum Gasteiger partial charge on any atom is 0.258 e. The molecule has 2 aromatic carbocycles. The summed E-state index contributed by atoms with van der Waals surface area (Å²) in [7, 11) is 0. The number of carbonyl (C=O) groups excluding carboxylic acids is 1. The number of hydrogen-bond acceptors (Lipinski definition) is 2. The van der Waals surface area contributed by atoms with Gasteiger partial charge in [0.25, 0.3) is 5.91 Å². The van der Waals surface area contributed by atoms with Gasteiger partial charge in [-0.3, -0.25) is 9.89 Å². The maximum atomic E-state index is 13.5. The quantitative estimate of drug-likeness (QED) is 0.753. The molecule has 0 saturated heterocycles. The van der Waals surface area contributed by atoms with Crippen LogP contribution in [0.25, 0.3) is 10.9 Å². The van der Waals surface area contributed by atoms with Crippen LogP contribution in [0.3, 0.4) is 0 Å². The summed E-state index contributed by atoms with van der Waals surface area (Å²) in [6.07, 6.45) is 1.61. The number of H-pyrrole nitrogens is 1. The predicted molar refractivity (Wildman–Crippen MR) is 70.4 cm³/mol. The number of amides is 1. The highest BCUT2D eigenvalue weighted by Crippen LogP contribution is 2.18. The molecule has 4 nitrogen and oxygen atoms in total. The molecule has 3 aromatic rings. The van der Waals surface area contributed by atoms with Crippen LogP contribution in [0.15, 0.2) is 42.6 Å². The standard InChI is InChI=1S/C14H9F2N3O/c15-9-1-3-11(12(16)6-9)14(20)18-10-2-4-13-8(5-10)7-17-19-13/h1-7H,(H,17,19)(H,18,20). The molecular weight excluding hydrogens is 264 g/mol. The molecule has 0 fully saturated rings. The fourth-order valence-corrected chi connectivity index (χ4v) is 1.89. The number of nitrogens with one attached hydrogen (secondary N) is 2. The summed E-state index contributed by atoms with van der Waals surface area (Å²) in [6.45, 7) is 0. The third kappa shape index (κ3) is 2.23. The molecule has 0 radical (unpaired) electrons. The van der Waals surface area contributed by atoms with Gasteiger partial charge >= 0.3 is 0 Å². The molecule has 6 heteroatoms. The molecule has 0 aliphatic rings.